The summed E-state index contributed by atoms with van der Waals surface area (Å²) in [5.74, 6) is -5.13. The summed E-state index contributed by atoms with van der Waals surface area (Å²) in [6.45, 7) is 16.3. The van der Waals surface area contributed by atoms with Crippen LogP contribution in [0.4, 0.5) is 4.79 Å². The van der Waals surface area contributed by atoms with E-state index < -0.39 is 112 Å². The molecule has 2 bridgehead atoms. The standard InChI is InChI=1S/C51H59NO14/c1-28-34(62-29(2)39(54)38(31-19-13-10-14-20-31)52-46(59)66-47(4,5)6)26-51(60)43(64-45(58)33-23-17-12-18-24-33)41-49(9,42(56)40(55)37(28)48(51,7)8)35(63-44(57)32-21-15-11-16-22-32)25-36-50(41,27-61-36)65-30(3)53/h10-24,34-36,38-41,43,54-55,60H,2,25-27H2,1,3-9H3,(H,52,59)/t34-,35-,36+,38-,39-,40+,41?,43-,49+,50-,51+/m0/s1. The Bertz CT molecular complexity index is 2400. The molecule has 2 saturated carbocycles. The number of carbonyl (C=O) groups is 5. The van der Waals surface area contributed by atoms with Crippen molar-refractivity contribution >= 4 is 29.8 Å². The second kappa shape index (κ2) is 17.7. The second-order valence-corrected chi connectivity index (χ2v) is 19.5. The highest BCUT2D eigenvalue weighted by atomic mass is 16.6. The number of alkyl carbamates (subject to hydrolysis) is 1. The minimum Gasteiger partial charge on any atom is -0.488 e. The van der Waals surface area contributed by atoms with Crippen molar-refractivity contribution in [3.05, 3.63) is 131 Å². The summed E-state index contributed by atoms with van der Waals surface area (Å²) in [5.41, 5.74) is -7.57. The molecule has 4 N–H and O–H groups in total. The van der Waals surface area contributed by atoms with Crippen molar-refractivity contribution in [2.24, 2.45) is 16.7 Å². The first-order chi connectivity index (χ1) is 31.0. The molecule has 3 aromatic carbocycles. The van der Waals surface area contributed by atoms with Gasteiger partial charge in [-0.05, 0) is 75.6 Å². The molecular weight excluding hydrogens is 851 g/mol. The zero-order chi connectivity index (χ0) is 48.1. The molecule has 4 aliphatic rings. The van der Waals surface area contributed by atoms with Crippen LogP contribution < -0.4 is 5.32 Å². The first-order valence-electron chi connectivity index (χ1n) is 22.0. The zero-order valence-electron chi connectivity index (χ0n) is 38.4. The third-order valence-electron chi connectivity index (χ3n) is 13.9. The average Bonchev–Trinajstić information content (AvgIpc) is 3.26. The van der Waals surface area contributed by atoms with Crippen LogP contribution in [0.15, 0.2) is 114 Å². The maximum Gasteiger partial charge on any atom is 0.408 e. The van der Waals surface area contributed by atoms with Gasteiger partial charge in [-0.2, -0.15) is 0 Å². The van der Waals surface area contributed by atoms with E-state index in [4.69, 9.17) is 28.4 Å². The number of hydrogen-bond donors (Lipinski definition) is 4. The van der Waals surface area contributed by atoms with Crippen molar-refractivity contribution in [1.29, 1.82) is 0 Å². The van der Waals surface area contributed by atoms with Crippen LogP contribution in [-0.2, 0) is 38.0 Å². The Hall–Kier alpha value is -5.87. The SMILES string of the molecule is C=C(O[C@H]1C[C@@]2(O)[C@@H](OC(=O)c3ccccc3)C3[C@](C)(C(=O)[C@H](O)C(=C1C)C2(C)C)[C@@H](OC(=O)c1ccccc1)C[C@H]1OC[C@@]31OC(C)=O)[C@H](O)[C@@H](NC(=O)OC(C)(C)C)c1ccccc1. The number of rotatable bonds is 11. The summed E-state index contributed by atoms with van der Waals surface area (Å²) in [6.07, 6.45) is -10.5. The molecule has 0 spiro atoms. The maximum atomic E-state index is 15.7. The molecule has 1 heterocycles. The van der Waals surface area contributed by atoms with E-state index in [0.29, 0.717) is 11.1 Å². The lowest BCUT2D eigenvalue weighted by molar-refractivity contribution is -0.345. The summed E-state index contributed by atoms with van der Waals surface area (Å²) in [4.78, 5) is 70.4. The summed E-state index contributed by atoms with van der Waals surface area (Å²) < 4.78 is 37.0. The Labute approximate surface area is 384 Å². The number of esters is 3. The molecule has 11 atom stereocenters. The number of nitrogens with one attached hydrogen (secondary N) is 1. The van der Waals surface area contributed by atoms with E-state index in [-0.39, 0.29) is 35.5 Å². The van der Waals surface area contributed by atoms with E-state index in [0.717, 1.165) is 0 Å². The number of ketones is 1. The Morgan fingerprint density at radius 1 is 0.864 bits per heavy atom. The summed E-state index contributed by atoms with van der Waals surface area (Å²) in [5, 5.41) is 41.2. The second-order valence-electron chi connectivity index (χ2n) is 19.5. The molecule has 352 valence electrons. The van der Waals surface area contributed by atoms with Gasteiger partial charge in [0.1, 0.15) is 53.6 Å². The molecule has 15 nitrogen and oxygen atoms in total. The average molecular weight is 910 g/mol. The first-order valence-corrected chi connectivity index (χ1v) is 22.0. The molecule has 3 aliphatic carbocycles. The van der Waals surface area contributed by atoms with Gasteiger partial charge < -0.3 is 49.1 Å². The number of carbonyl (C=O) groups excluding carboxylic acids is 5. The molecule has 3 aromatic rings. The minimum atomic E-state index is -2.32. The number of aliphatic hydroxyl groups is 3. The van der Waals surface area contributed by atoms with Crippen molar-refractivity contribution in [3.8, 4) is 0 Å². The lowest BCUT2D eigenvalue weighted by atomic mass is 9.44. The van der Waals surface area contributed by atoms with E-state index in [1.54, 1.807) is 108 Å². The van der Waals surface area contributed by atoms with Crippen molar-refractivity contribution in [1.82, 2.24) is 5.32 Å². The molecule has 1 saturated heterocycles. The smallest absolute Gasteiger partial charge is 0.408 e. The van der Waals surface area contributed by atoms with Crippen LogP contribution in [0, 0.1) is 16.7 Å². The number of benzene rings is 3. The fraction of sp³-hybridized carbons (Fsp3) is 0.471. The third kappa shape index (κ3) is 8.42. The number of amides is 1. The zero-order valence-corrected chi connectivity index (χ0v) is 38.4. The molecule has 1 amide bonds. The molecule has 0 aromatic heterocycles. The molecule has 3 fully saturated rings. The molecule has 66 heavy (non-hydrogen) atoms. The van der Waals surface area contributed by atoms with Crippen molar-refractivity contribution in [2.45, 2.75) is 128 Å². The molecule has 1 aliphatic heterocycles. The minimum absolute atomic E-state index is 0.0159. The molecular formula is C51H59NO14. The van der Waals surface area contributed by atoms with Gasteiger partial charge in [0, 0.05) is 25.2 Å². The van der Waals surface area contributed by atoms with Crippen LogP contribution in [0.1, 0.15) is 101 Å². The topological polar surface area (TPSA) is 213 Å². The van der Waals surface area contributed by atoms with Crippen LogP contribution >= 0.6 is 0 Å². The third-order valence-corrected chi connectivity index (χ3v) is 13.9. The molecule has 15 heteroatoms. The van der Waals surface area contributed by atoms with Crippen molar-refractivity contribution in [3.63, 3.8) is 0 Å². The van der Waals surface area contributed by atoms with Gasteiger partial charge in [-0.3, -0.25) is 9.59 Å². The lowest BCUT2D eigenvalue weighted by Gasteiger charge is -2.67. The Balaban J connectivity index is 1.39. The van der Waals surface area contributed by atoms with E-state index >= 15 is 4.79 Å². The summed E-state index contributed by atoms with van der Waals surface area (Å²) in [7, 11) is 0. The highest BCUT2D eigenvalue weighted by Crippen LogP contribution is 2.64. The van der Waals surface area contributed by atoms with Gasteiger partial charge in [0.15, 0.2) is 11.4 Å². The lowest BCUT2D eigenvalue weighted by Crippen LogP contribution is -2.82. The van der Waals surface area contributed by atoms with E-state index in [1.807, 2.05) is 0 Å². The largest absolute Gasteiger partial charge is 0.488 e. The molecule has 0 radical (unpaired) electrons. The van der Waals surface area contributed by atoms with E-state index in [1.165, 1.54) is 38.1 Å². The normalized spacial score (nSPS) is 30.9. The van der Waals surface area contributed by atoms with Gasteiger partial charge in [-0.1, -0.05) is 87.2 Å². The van der Waals surface area contributed by atoms with Crippen LogP contribution in [0.2, 0.25) is 0 Å². The fourth-order valence-electron chi connectivity index (χ4n) is 10.6. The summed E-state index contributed by atoms with van der Waals surface area (Å²) in [6, 6.07) is 23.5. The quantitative estimate of drug-likeness (QED) is 0.0740. The Kier molecular flexibility index (Phi) is 12.9. The van der Waals surface area contributed by atoms with Crippen LogP contribution in [-0.4, -0.2) is 105 Å². The van der Waals surface area contributed by atoms with Gasteiger partial charge in [0.25, 0.3) is 0 Å². The number of Topliss-reactive ketones (excluding diaryl/α,β-unsaturated/α-hetero) is 1. The predicted molar refractivity (Wildman–Crippen MR) is 237 cm³/mol. The van der Waals surface area contributed by atoms with Gasteiger partial charge in [-0.25, -0.2) is 14.4 Å². The highest BCUT2D eigenvalue weighted by Gasteiger charge is 2.78. The van der Waals surface area contributed by atoms with E-state index in [2.05, 4.69) is 11.9 Å². The van der Waals surface area contributed by atoms with E-state index in [9.17, 15) is 34.5 Å². The monoisotopic (exact) mass is 909 g/mol. The Morgan fingerprint density at radius 3 is 1.92 bits per heavy atom. The fourth-order valence-corrected chi connectivity index (χ4v) is 10.6. The highest BCUT2D eigenvalue weighted by molar-refractivity contribution is 5.95. The number of ether oxygens (including phenoxy) is 6. The van der Waals surface area contributed by atoms with Crippen LogP contribution in [0.5, 0.6) is 0 Å². The summed E-state index contributed by atoms with van der Waals surface area (Å²) >= 11 is 0. The molecule has 1 unspecified atom stereocenters. The number of aliphatic hydroxyl groups excluding tert-OH is 2. The van der Waals surface area contributed by atoms with Crippen molar-refractivity contribution in [2.75, 3.05) is 6.61 Å². The van der Waals surface area contributed by atoms with Gasteiger partial charge in [-0.15, -0.1) is 0 Å². The number of fused-ring (bicyclic) bond motifs is 5. The Morgan fingerprint density at radius 2 is 1.41 bits per heavy atom. The maximum absolute atomic E-state index is 15.7. The van der Waals surface area contributed by atoms with Crippen LogP contribution in [0.3, 0.4) is 0 Å². The van der Waals surface area contributed by atoms with Gasteiger partial charge >= 0.3 is 24.0 Å². The number of hydrogen-bond acceptors (Lipinski definition) is 14. The van der Waals surface area contributed by atoms with Gasteiger partial charge in [0.05, 0.1) is 35.1 Å². The van der Waals surface area contributed by atoms with Crippen LogP contribution in [0.25, 0.3) is 0 Å². The molecule has 7 rings (SSSR count). The predicted octanol–water partition coefficient (Wildman–Crippen LogP) is 6.11. The van der Waals surface area contributed by atoms with Crippen molar-refractivity contribution < 1.29 is 67.7 Å². The van der Waals surface area contributed by atoms with Gasteiger partial charge in [0.2, 0.25) is 0 Å². The first kappa shape index (κ1) is 48.1.